The highest BCUT2D eigenvalue weighted by Crippen LogP contribution is 2.32. The van der Waals surface area contributed by atoms with E-state index in [1.165, 1.54) is 29.2 Å². The summed E-state index contributed by atoms with van der Waals surface area (Å²) >= 11 is 2.02. The summed E-state index contributed by atoms with van der Waals surface area (Å²) in [7, 11) is 2.17. The summed E-state index contributed by atoms with van der Waals surface area (Å²) < 4.78 is 2.21. The predicted molar refractivity (Wildman–Crippen MR) is 67.7 cm³/mol. The SMILES string of the molecule is CN1CCc2c(N)nn(C3CCSC3)c2C1. The molecule has 2 aliphatic heterocycles. The summed E-state index contributed by atoms with van der Waals surface area (Å²) in [6.07, 6.45) is 2.29. The number of nitrogens with two attached hydrogens (primary N) is 1. The molecule has 1 atom stereocenters. The van der Waals surface area contributed by atoms with Gasteiger partial charge >= 0.3 is 0 Å². The number of rotatable bonds is 1. The number of likely N-dealkylation sites (N-methyl/N-ethyl adjacent to an activating group) is 1. The van der Waals surface area contributed by atoms with E-state index < -0.39 is 0 Å². The van der Waals surface area contributed by atoms with Gasteiger partial charge < -0.3 is 10.6 Å². The number of anilines is 1. The molecule has 88 valence electrons. The van der Waals surface area contributed by atoms with E-state index in [1.807, 2.05) is 11.8 Å². The zero-order valence-corrected chi connectivity index (χ0v) is 10.5. The molecule has 3 heterocycles. The van der Waals surface area contributed by atoms with E-state index in [4.69, 9.17) is 5.73 Å². The fourth-order valence-corrected chi connectivity index (χ4v) is 3.80. The van der Waals surface area contributed by atoms with E-state index in [0.717, 1.165) is 25.3 Å². The Bertz CT molecular complexity index is 395. The Morgan fingerprint density at radius 3 is 3.12 bits per heavy atom. The second-order valence-corrected chi connectivity index (χ2v) is 5.91. The maximum Gasteiger partial charge on any atom is 0.149 e. The molecular weight excluding hydrogens is 220 g/mol. The summed E-state index contributed by atoms with van der Waals surface area (Å²) in [6, 6.07) is 0.572. The van der Waals surface area contributed by atoms with Gasteiger partial charge in [0.15, 0.2) is 0 Å². The van der Waals surface area contributed by atoms with Crippen LogP contribution in [0.25, 0.3) is 0 Å². The van der Waals surface area contributed by atoms with Gasteiger partial charge in [0.25, 0.3) is 0 Å². The quantitative estimate of drug-likeness (QED) is 0.797. The molecule has 0 bridgehead atoms. The van der Waals surface area contributed by atoms with Gasteiger partial charge in [0.05, 0.1) is 11.7 Å². The third-order valence-corrected chi connectivity index (χ3v) is 4.71. The van der Waals surface area contributed by atoms with Gasteiger partial charge in [-0.05, 0) is 25.6 Å². The molecule has 0 aromatic carbocycles. The molecule has 1 aromatic rings. The molecule has 0 amide bonds. The molecule has 4 nitrogen and oxygen atoms in total. The highest BCUT2D eigenvalue weighted by molar-refractivity contribution is 7.99. The first-order valence-electron chi connectivity index (χ1n) is 5.87. The van der Waals surface area contributed by atoms with Crippen molar-refractivity contribution in [2.24, 2.45) is 0 Å². The molecule has 3 rings (SSSR count). The minimum Gasteiger partial charge on any atom is -0.382 e. The lowest BCUT2D eigenvalue weighted by Gasteiger charge is -2.24. The van der Waals surface area contributed by atoms with Gasteiger partial charge in [-0.25, -0.2) is 0 Å². The fourth-order valence-electron chi connectivity index (χ4n) is 2.62. The number of aromatic nitrogens is 2. The van der Waals surface area contributed by atoms with E-state index in [9.17, 15) is 0 Å². The van der Waals surface area contributed by atoms with Gasteiger partial charge in [-0.2, -0.15) is 16.9 Å². The van der Waals surface area contributed by atoms with Crippen molar-refractivity contribution in [1.29, 1.82) is 0 Å². The molecular formula is C11H18N4S. The Morgan fingerprint density at radius 2 is 2.38 bits per heavy atom. The standard InChI is InChI=1S/C11H18N4S/c1-14-4-2-9-10(6-14)15(13-11(9)12)8-3-5-16-7-8/h8H,2-7H2,1H3,(H2,12,13). The van der Waals surface area contributed by atoms with E-state index in [1.54, 1.807) is 0 Å². The third-order valence-electron chi connectivity index (χ3n) is 3.56. The van der Waals surface area contributed by atoms with Crippen molar-refractivity contribution in [2.45, 2.75) is 25.4 Å². The molecule has 0 saturated carbocycles. The molecule has 1 aromatic heterocycles. The fraction of sp³-hybridized carbons (Fsp3) is 0.727. The topological polar surface area (TPSA) is 47.1 Å². The summed E-state index contributed by atoms with van der Waals surface area (Å²) in [5.41, 5.74) is 8.68. The molecule has 0 aliphatic carbocycles. The molecule has 1 saturated heterocycles. The maximum absolute atomic E-state index is 6.02. The van der Waals surface area contributed by atoms with Crippen LogP contribution in [0, 0.1) is 0 Å². The van der Waals surface area contributed by atoms with Crippen LogP contribution in [-0.2, 0) is 13.0 Å². The van der Waals surface area contributed by atoms with E-state index in [-0.39, 0.29) is 0 Å². The number of hydrogen-bond acceptors (Lipinski definition) is 4. The van der Waals surface area contributed by atoms with Crippen molar-refractivity contribution in [3.8, 4) is 0 Å². The third kappa shape index (κ3) is 1.62. The van der Waals surface area contributed by atoms with Gasteiger partial charge in [0.1, 0.15) is 5.82 Å². The van der Waals surface area contributed by atoms with E-state index >= 15 is 0 Å². The number of thioether (sulfide) groups is 1. The van der Waals surface area contributed by atoms with Crippen LogP contribution in [0.3, 0.4) is 0 Å². The van der Waals surface area contributed by atoms with E-state index in [2.05, 4.69) is 21.7 Å². The Morgan fingerprint density at radius 1 is 1.50 bits per heavy atom. The molecule has 2 N–H and O–H groups in total. The maximum atomic E-state index is 6.02. The molecule has 0 radical (unpaired) electrons. The minimum atomic E-state index is 0.572. The van der Waals surface area contributed by atoms with Gasteiger partial charge in [0, 0.05) is 24.4 Å². The number of nitrogen functional groups attached to an aromatic ring is 1. The smallest absolute Gasteiger partial charge is 0.149 e. The Labute approximate surface area is 100 Å². The monoisotopic (exact) mass is 238 g/mol. The van der Waals surface area contributed by atoms with Crippen LogP contribution in [0.2, 0.25) is 0 Å². The average molecular weight is 238 g/mol. The van der Waals surface area contributed by atoms with Gasteiger partial charge in [-0.15, -0.1) is 0 Å². The molecule has 2 aliphatic rings. The molecule has 1 unspecified atom stereocenters. The number of nitrogens with zero attached hydrogens (tertiary/aromatic N) is 3. The summed E-state index contributed by atoms with van der Waals surface area (Å²) in [6.45, 7) is 2.10. The number of fused-ring (bicyclic) bond motifs is 1. The average Bonchev–Trinajstić information content (AvgIpc) is 2.86. The second kappa shape index (κ2) is 3.96. The lowest BCUT2D eigenvalue weighted by molar-refractivity contribution is 0.294. The molecule has 5 heteroatoms. The summed E-state index contributed by atoms with van der Waals surface area (Å²) in [5, 5.41) is 4.56. The lowest BCUT2D eigenvalue weighted by atomic mass is 10.1. The van der Waals surface area contributed by atoms with Crippen molar-refractivity contribution in [3.05, 3.63) is 11.3 Å². The van der Waals surface area contributed by atoms with Crippen LogP contribution in [0.4, 0.5) is 5.82 Å². The first kappa shape index (κ1) is 10.5. The largest absolute Gasteiger partial charge is 0.382 e. The first-order chi connectivity index (χ1) is 7.75. The summed E-state index contributed by atoms with van der Waals surface area (Å²) in [4.78, 5) is 2.35. The van der Waals surface area contributed by atoms with Crippen molar-refractivity contribution in [3.63, 3.8) is 0 Å². The molecule has 16 heavy (non-hydrogen) atoms. The zero-order chi connectivity index (χ0) is 11.1. The van der Waals surface area contributed by atoms with Crippen LogP contribution in [0.1, 0.15) is 23.7 Å². The Balaban J connectivity index is 1.98. The van der Waals surface area contributed by atoms with Crippen molar-refractivity contribution in [1.82, 2.24) is 14.7 Å². The first-order valence-corrected chi connectivity index (χ1v) is 7.03. The molecule has 0 spiro atoms. The van der Waals surface area contributed by atoms with E-state index in [0.29, 0.717) is 6.04 Å². The zero-order valence-electron chi connectivity index (χ0n) is 9.65. The van der Waals surface area contributed by atoms with Crippen LogP contribution in [-0.4, -0.2) is 39.8 Å². The predicted octanol–water partition coefficient (Wildman–Crippen LogP) is 1.13. The highest BCUT2D eigenvalue weighted by Gasteiger charge is 2.27. The minimum absolute atomic E-state index is 0.572. The van der Waals surface area contributed by atoms with Crippen molar-refractivity contribution in [2.75, 3.05) is 30.8 Å². The van der Waals surface area contributed by atoms with Crippen LogP contribution in [0.5, 0.6) is 0 Å². The Kier molecular flexibility index (Phi) is 2.59. The number of hydrogen-bond donors (Lipinski definition) is 1. The van der Waals surface area contributed by atoms with Crippen LogP contribution < -0.4 is 5.73 Å². The normalized spacial score (nSPS) is 25.9. The highest BCUT2D eigenvalue weighted by atomic mass is 32.2. The second-order valence-electron chi connectivity index (χ2n) is 4.76. The lowest BCUT2D eigenvalue weighted by Crippen LogP contribution is -2.29. The summed E-state index contributed by atoms with van der Waals surface area (Å²) in [5.74, 6) is 3.21. The Hall–Kier alpha value is -0.680. The van der Waals surface area contributed by atoms with Gasteiger partial charge in [-0.1, -0.05) is 0 Å². The van der Waals surface area contributed by atoms with Crippen molar-refractivity contribution >= 4 is 17.6 Å². The molecule has 1 fully saturated rings. The van der Waals surface area contributed by atoms with Crippen LogP contribution >= 0.6 is 11.8 Å². The van der Waals surface area contributed by atoms with Gasteiger partial charge in [0.2, 0.25) is 0 Å². The van der Waals surface area contributed by atoms with Crippen LogP contribution in [0.15, 0.2) is 0 Å². The van der Waals surface area contributed by atoms with Crippen molar-refractivity contribution < 1.29 is 0 Å². The van der Waals surface area contributed by atoms with Gasteiger partial charge in [-0.3, -0.25) is 4.68 Å².